The first-order valence-corrected chi connectivity index (χ1v) is 7.01. The molecule has 0 N–H and O–H groups in total. The maximum Gasteiger partial charge on any atom is 0.279 e. The molecule has 0 spiro atoms. The number of aromatic nitrogens is 3. The molecule has 0 fully saturated rings. The van der Waals surface area contributed by atoms with E-state index in [1.165, 1.54) is 17.3 Å². The maximum absolute atomic E-state index is 12.6. The molecule has 6 heteroatoms. The number of rotatable bonds is 4. The van der Waals surface area contributed by atoms with Crippen LogP contribution >= 0.6 is 0 Å². The van der Waals surface area contributed by atoms with Crippen LogP contribution in [0.25, 0.3) is 0 Å². The lowest BCUT2D eigenvalue weighted by atomic mass is 10.1. The van der Waals surface area contributed by atoms with Crippen LogP contribution in [-0.4, -0.2) is 33.0 Å². The summed E-state index contributed by atoms with van der Waals surface area (Å²) >= 11 is 0. The first-order valence-electron chi connectivity index (χ1n) is 7.01. The number of nitrogens with zero attached hydrogens (tertiary/aromatic N) is 5. The summed E-state index contributed by atoms with van der Waals surface area (Å²) < 4.78 is 1.45. The fourth-order valence-corrected chi connectivity index (χ4v) is 2.33. The van der Waals surface area contributed by atoms with Gasteiger partial charge in [-0.05, 0) is 18.4 Å². The lowest BCUT2D eigenvalue weighted by Crippen LogP contribution is -2.31. The van der Waals surface area contributed by atoms with Gasteiger partial charge in [-0.25, -0.2) is 4.68 Å². The highest BCUT2D eigenvalue weighted by molar-refractivity contribution is 6.54. The molecule has 1 aromatic carbocycles. The van der Waals surface area contributed by atoms with E-state index in [2.05, 4.69) is 29.1 Å². The van der Waals surface area contributed by atoms with Gasteiger partial charge in [0, 0.05) is 12.1 Å². The van der Waals surface area contributed by atoms with Gasteiger partial charge in [0.25, 0.3) is 5.91 Å². The molecule has 0 bridgehead atoms. The Balaban J connectivity index is 1.98. The molecule has 0 atom stereocenters. The van der Waals surface area contributed by atoms with Gasteiger partial charge in [-0.15, -0.1) is 10.2 Å². The second-order valence-electron chi connectivity index (χ2n) is 5.45. The largest absolute Gasteiger partial charge is 0.306 e. The number of carbonyl (C=O) groups is 1. The summed E-state index contributed by atoms with van der Waals surface area (Å²) in [7, 11) is 0. The minimum atomic E-state index is -0.0643. The lowest BCUT2D eigenvalue weighted by Gasteiger charge is -2.17. The topological polar surface area (TPSA) is 63.4 Å². The van der Waals surface area contributed by atoms with Crippen LogP contribution in [0.15, 0.2) is 42.0 Å². The highest BCUT2D eigenvalue weighted by Crippen LogP contribution is 2.29. The van der Waals surface area contributed by atoms with Crippen LogP contribution in [0.3, 0.4) is 0 Å². The fourth-order valence-electron chi connectivity index (χ4n) is 2.33. The van der Waals surface area contributed by atoms with Crippen molar-refractivity contribution in [3.63, 3.8) is 0 Å². The molecule has 21 heavy (non-hydrogen) atoms. The van der Waals surface area contributed by atoms with Gasteiger partial charge in [0.05, 0.1) is 5.69 Å². The number of anilines is 1. The summed E-state index contributed by atoms with van der Waals surface area (Å²) in [6.07, 6.45) is 3.90. The molecule has 0 saturated heterocycles. The van der Waals surface area contributed by atoms with Crippen molar-refractivity contribution in [3.8, 4) is 0 Å². The number of benzene rings is 1. The second-order valence-corrected chi connectivity index (χ2v) is 5.45. The Morgan fingerprint density at radius 1 is 1.19 bits per heavy atom. The predicted molar refractivity (Wildman–Crippen MR) is 80.2 cm³/mol. The molecule has 1 aliphatic heterocycles. The van der Waals surface area contributed by atoms with E-state index in [4.69, 9.17) is 0 Å². The Hall–Kier alpha value is -2.50. The standard InChI is InChI=1S/C15H17N5O/c1-11(2)7-8-20-13-6-4-3-5-12(13)14(15(20)21)18-19-9-16-17-10-19/h3-6,9-11H,7-8H2,1-2H3. The van der Waals surface area contributed by atoms with Gasteiger partial charge in [-0.3, -0.25) is 4.79 Å². The quantitative estimate of drug-likeness (QED) is 0.861. The van der Waals surface area contributed by atoms with E-state index in [-0.39, 0.29) is 5.91 Å². The number of hydrogen-bond acceptors (Lipinski definition) is 4. The molecule has 0 radical (unpaired) electrons. The third kappa shape index (κ3) is 2.56. The first-order chi connectivity index (χ1) is 10.2. The predicted octanol–water partition coefficient (Wildman–Crippen LogP) is 1.92. The van der Waals surface area contributed by atoms with Gasteiger partial charge in [0.15, 0.2) is 5.71 Å². The number of carbonyl (C=O) groups excluding carboxylic acids is 1. The van der Waals surface area contributed by atoms with E-state index in [0.717, 1.165) is 17.7 Å². The number of amides is 1. The molecule has 1 aliphatic rings. The Morgan fingerprint density at radius 3 is 2.62 bits per heavy atom. The average molecular weight is 283 g/mol. The van der Waals surface area contributed by atoms with Crippen LogP contribution in [0.5, 0.6) is 0 Å². The highest BCUT2D eigenvalue weighted by Gasteiger charge is 2.33. The summed E-state index contributed by atoms with van der Waals surface area (Å²) in [5, 5.41) is 11.7. The highest BCUT2D eigenvalue weighted by atomic mass is 16.2. The Labute approximate surface area is 123 Å². The van der Waals surface area contributed by atoms with Crippen molar-refractivity contribution in [2.45, 2.75) is 20.3 Å². The van der Waals surface area contributed by atoms with E-state index < -0.39 is 0 Å². The van der Waals surface area contributed by atoms with Crippen LogP contribution < -0.4 is 4.90 Å². The molecular weight excluding hydrogens is 266 g/mol. The van der Waals surface area contributed by atoms with Crippen molar-refractivity contribution in [2.75, 3.05) is 11.4 Å². The zero-order valence-electron chi connectivity index (χ0n) is 12.1. The third-order valence-electron chi connectivity index (χ3n) is 3.45. The normalized spacial score (nSPS) is 16.0. The van der Waals surface area contributed by atoms with Crippen LogP contribution in [0.1, 0.15) is 25.8 Å². The van der Waals surface area contributed by atoms with Crippen molar-refractivity contribution < 1.29 is 4.79 Å². The number of para-hydroxylation sites is 1. The molecular formula is C15H17N5O. The molecule has 1 amide bonds. The lowest BCUT2D eigenvalue weighted by molar-refractivity contribution is -0.112. The van der Waals surface area contributed by atoms with Crippen molar-refractivity contribution in [3.05, 3.63) is 42.5 Å². The van der Waals surface area contributed by atoms with E-state index in [9.17, 15) is 4.79 Å². The molecule has 0 aliphatic carbocycles. The van der Waals surface area contributed by atoms with Gasteiger partial charge in [0.2, 0.25) is 0 Å². The fraction of sp³-hybridized carbons (Fsp3) is 0.333. The van der Waals surface area contributed by atoms with E-state index in [1.54, 1.807) is 4.90 Å². The van der Waals surface area contributed by atoms with Crippen LogP contribution in [0, 0.1) is 5.92 Å². The number of hydrogen-bond donors (Lipinski definition) is 0. The SMILES string of the molecule is CC(C)CCN1C(=O)C(=Nn2cnnc2)c2ccccc21. The molecule has 108 valence electrons. The third-order valence-corrected chi connectivity index (χ3v) is 3.45. The summed E-state index contributed by atoms with van der Waals surface area (Å²) in [4.78, 5) is 14.4. The van der Waals surface area contributed by atoms with Crippen molar-refractivity contribution >= 4 is 17.3 Å². The maximum atomic E-state index is 12.6. The molecule has 0 unspecified atom stereocenters. The zero-order valence-corrected chi connectivity index (χ0v) is 12.1. The zero-order chi connectivity index (χ0) is 14.8. The van der Waals surface area contributed by atoms with Gasteiger partial charge < -0.3 is 4.90 Å². The number of fused-ring (bicyclic) bond motifs is 1. The Kier molecular flexibility index (Phi) is 3.51. The van der Waals surface area contributed by atoms with Gasteiger partial charge in [-0.2, -0.15) is 5.10 Å². The van der Waals surface area contributed by atoms with E-state index >= 15 is 0 Å². The molecule has 6 nitrogen and oxygen atoms in total. The summed E-state index contributed by atoms with van der Waals surface area (Å²) in [5.74, 6) is 0.481. The van der Waals surface area contributed by atoms with Crippen LogP contribution in [0.4, 0.5) is 5.69 Å². The molecule has 2 aromatic rings. The minimum Gasteiger partial charge on any atom is -0.306 e. The second kappa shape index (κ2) is 5.47. The molecule has 0 saturated carbocycles. The molecule has 3 rings (SSSR count). The van der Waals surface area contributed by atoms with E-state index in [1.807, 2.05) is 24.3 Å². The molecule has 2 heterocycles. The molecule has 1 aromatic heterocycles. The monoisotopic (exact) mass is 283 g/mol. The van der Waals surface area contributed by atoms with Crippen LogP contribution in [0.2, 0.25) is 0 Å². The van der Waals surface area contributed by atoms with Gasteiger partial charge in [-0.1, -0.05) is 32.0 Å². The Morgan fingerprint density at radius 2 is 1.90 bits per heavy atom. The van der Waals surface area contributed by atoms with E-state index in [0.29, 0.717) is 18.2 Å². The Bertz CT molecular complexity index is 675. The minimum absolute atomic E-state index is 0.0643. The van der Waals surface area contributed by atoms with Crippen molar-refractivity contribution in [2.24, 2.45) is 11.0 Å². The van der Waals surface area contributed by atoms with Gasteiger partial charge in [0.1, 0.15) is 12.7 Å². The summed E-state index contributed by atoms with van der Waals surface area (Å²) in [6, 6.07) is 7.74. The van der Waals surface area contributed by atoms with Crippen LogP contribution in [-0.2, 0) is 4.79 Å². The smallest absolute Gasteiger partial charge is 0.279 e. The average Bonchev–Trinajstić information content (AvgIpc) is 3.06. The summed E-state index contributed by atoms with van der Waals surface area (Å²) in [5.41, 5.74) is 2.23. The first kappa shape index (κ1) is 13.5. The van der Waals surface area contributed by atoms with Gasteiger partial charge >= 0.3 is 0 Å². The summed E-state index contributed by atoms with van der Waals surface area (Å²) in [6.45, 7) is 5.01. The van der Waals surface area contributed by atoms with Crippen molar-refractivity contribution in [1.29, 1.82) is 0 Å². The van der Waals surface area contributed by atoms with Crippen molar-refractivity contribution in [1.82, 2.24) is 14.9 Å².